The second-order valence-corrected chi connectivity index (χ2v) is 11.6. The van der Waals surface area contributed by atoms with Gasteiger partial charge in [-0.15, -0.1) is 0 Å². The van der Waals surface area contributed by atoms with E-state index in [1.165, 1.54) is 31.4 Å². The van der Waals surface area contributed by atoms with Crippen molar-refractivity contribution in [2.24, 2.45) is 23.7 Å². The van der Waals surface area contributed by atoms with Crippen molar-refractivity contribution in [3.05, 3.63) is 70.5 Å². The Morgan fingerprint density at radius 3 is 2.26 bits per heavy atom. The summed E-state index contributed by atoms with van der Waals surface area (Å²) in [6.07, 6.45) is 7.56. The van der Waals surface area contributed by atoms with Crippen LogP contribution in [-0.4, -0.2) is 23.3 Å². The predicted molar refractivity (Wildman–Crippen MR) is 129 cm³/mol. The highest BCUT2D eigenvalue weighted by molar-refractivity contribution is 6.31. The maximum absolute atomic E-state index is 14.1. The van der Waals surface area contributed by atoms with Gasteiger partial charge in [0.05, 0.1) is 6.04 Å². The van der Waals surface area contributed by atoms with Gasteiger partial charge in [0.25, 0.3) is 0 Å². The van der Waals surface area contributed by atoms with Gasteiger partial charge in [-0.2, -0.15) is 0 Å². The number of hydrogen-bond acceptors (Lipinski definition) is 3. The Morgan fingerprint density at radius 2 is 1.62 bits per heavy atom. The summed E-state index contributed by atoms with van der Waals surface area (Å²) in [6, 6.07) is 12.3. The molecule has 1 aliphatic heterocycles. The van der Waals surface area contributed by atoms with Crippen LogP contribution in [0.5, 0.6) is 0 Å². The quantitative estimate of drug-likeness (QED) is 0.558. The Balaban J connectivity index is 1.25. The van der Waals surface area contributed by atoms with Crippen LogP contribution in [0, 0.1) is 29.5 Å². The second kappa shape index (κ2) is 8.46. The summed E-state index contributed by atoms with van der Waals surface area (Å²) in [5.74, 6) is 1.28. The van der Waals surface area contributed by atoms with Crippen LogP contribution < -0.4 is 10.6 Å². The molecule has 3 atom stereocenters. The first kappa shape index (κ1) is 22.2. The molecule has 5 fully saturated rings. The van der Waals surface area contributed by atoms with E-state index in [1.54, 1.807) is 30.3 Å². The Labute approximate surface area is 204 Å². The third kappa shape index (κ3) is 4.07. The highest BCUT2D eigenvalue weighted by Crippen LogP contribution is 2.55. The minimum Gasteiger partial charge on any atom is -0.349 e. The molecule has 5 aliphatic rings. The van der Waals surface area contributed by atoms with E-state index in [0.29, 0.717) is 22.6 Å². The number of carbonyl (C=O) groups is 2. The molecule has 2 N–H and O–H groups in total. The molecule has 4 bridgehead atoms. The van der Waals surface area contributed by atoms with Crippen LogP contribution in [0.2, 0.25) is 5.02 Å². The van der Waals surface area contributed by atoms with Gasteiger partial charge in [0, 0.05) is 28.1 Å². The number of benzene rings is 2. The lowest BCUT2D eigenvalue weighted by molar-refractivity contribution is -0.128. The van der Waals surface area contributed by atoms with Crippen molar-refractivity contribution in [2.45, 2.75) is 62.6 Å². The third-order valence-electron chi connectivity index (χ3n) is 8.67. The van der Waals surface area contributed by atoms with Crippen LogP contribution in [0.15, 0.2) is 48.5 Å². The highest BCUT2D eigenvalue weighted by atomic mass is 35.5. The van der Waals surface area contributed by atoms with E-state index in [1.807, 2.05) is 6.07 Å². The van der Waals surface area contributed by atoms with Gasteiger partial charge in [0.15, 0.2) is 5.78 Å². The van der Waals surface area contributed by atoms with E-state index in [9.17, 15) is 14.0 Å². The van der Waals surface area contributed by atoms with Crippen molar-refractivity contribution < 1.29 is 14.0 Å². The SMILES string of the molecule is O=C(NC12CC3CC(CC(C3)C1)C2)[C@@H]1C[C@H](C(=O)c2cccc(Cl)c2)[C@H](c2cccc(F)c2)N1. The number of amides is 1. The summed E-state index contributed by atoms with van der Waals surface area (Å²) >= 11 is 6.14. The normalized spacial score (nSPS) is 35.9. The Hall–Kier alpha value is -2.24. The topological polar surface area (TPSA) is 58.2 Å². The zero-order valence-corrected chi connectivity index (χ0v) is 19.9. The standard InChI is InChI=1S/C28H30ClFN2O2/c29-21-5-1-4-20(10-21)26(33)23-12-24(31-25(23)19-3-2-6-22(30)11-19)27(34)32-28-13-16-7-17(14-28)9-18(8-16)15-28/h1-6,10-11,16-18,23-25,31H,7-9,12-15H2,(H,32,34)/t16?,17?,18?,23-,24-,25-,28?/m0/s1. The molecule has 178 valence electrons. The number of Topliss-reactive ketones (excluding diaryl/α,β-unsaturated/α-hetero) is 1. The van der Waals surface area contributed by atoms with Gasteiger partial charge in [-0.05, 0) is 92.5 Å². The maximum Gasteiger partial charge on any atom is 0.237 e. The molecule has 7 rings (SSSR count). The van der Waals surface area contributed by atoms with E-state index in [4.69, 9.17) is 11.6 Å². The van der Waals surface area contributed by atoms with E-state index < -0.39 is 18.0 Å². The first-order valence-electron chi connectivity index (χ1n) is 12.5. The Morgan fingerprint density at radius 1 is 0.941 bits per heavy atom. The highest BCUT2D eigenvalue weighted by Gasteiger charge is 2.52. The number of rotatable bonds is 5. The van der Waals surface area contributed by atoms with Gasteiger partial charge in [-0.25, -0.2) is 4.39 Å². The number of halogens is 2. The molecule has 4 nitrogen and oxygen atoms in total. The lowest BCUT2D eigenvalue weighted by Gasteiger charge is -2.57. The maximum atomic E-state index is 14.1. The molecule has 2 aromatic rings. The summed E-state index contributed by atoms with van der Waals surface area (Å²) in [5, 5.41) is 7.35. The van der Waals surface area contributed by atoms with Gasteiger partial charge in [-0.3, -0.25) is 14.9 Å². The summed E-state index contributed by atoms with van der Waals surface area (Å²) < 4.78 is 14.1. The zero-order chi connectivity index (χ0) is 23.4. The molecule has 1 heterocycles. The molecule has 4 aliphatic carbocycles. The molecule has 1 amide bonds. The van der Waals surface area contributed by atoms with E-state index in [0.717, 1.165) is 37.0 Å². The van der Waals surface area contributed by atoms with Gasteiger partial charge in [0.1, 0.15) is 5.82 Å². The first-order chi connectivity index (χ1) is 16.4. The van der Waals surface area contributed by atoms with E-state index >= 15 is 0 Å². The summed E-state index contributed by atoms with van der Waals surface area (Å²) in [7, 11) is 0. The Kier molecular flexibility index (Phi) is 5.53. The lowest BCUT2D eigenvalue weighted by atomic mass is 9.53. The molecule has 1 saturated heterocycles. The van der Waals surface area contributed by atoms with Crippen molar-refractivity contribution in [3.63, 3.8) is 0 Å². The average Bonchev–Trinajstić information content (AvgIpc) is 3.23. The lowest BCUT2D eigenvalue weighted by Crippen LogP contribution is -2.62. The number of carbonyl (C=O) groups excluding carboxylic acids is 2. The summed E-state index contributed by atoms with van der Waals surface area (Å²) in [6.45, 7) is 0. The van der Waals surface area contributed by atoms with Gasteiger partial charge in [0.2, 0.25) is 5.91 Å². The first-order valence-corrected chi connectivity index (χ1v) is 12.9. The third-order valence-corrected chi connectivity index (χ3v) is 8.90. The fraction of sp³-hybridized carbons (Fsp3) is 0.500. The van der Waals surface area contributed by atoms with Gasteiger partial charge in [-0.1, -0.05) is 35.9 Å². The predicted octanol–water partition coefficient (Wildman–Crippen LogP) is 5.47. The number of hydrogen-bond donors (Lipinski definition) is 2. The number of ketones is 1. The van der Waals surface area contributed by atoms with E-state index in [-0.39, 0.29) is 23.0 Å². The van der Waals surface area contributed by atoms with Crippen molar-refractivity contribution in [2.75, 3.05) is 0 Å². The summed E-state index contributed by atoms with van der Waals surface area (Å²) in [5.41, 5.74) is 1.12. The largest absolute Gasteiger partial charge is 0.349 e. The molecular formula is C28H30ClFN2O2. The minimum atomic E-state index is -0.491. The smallest absolute Gasteiger partial charge is 0.237 e. The van der Waals surface area contributed by atoms with Crippen LogP contribution in [0.4, 0.5) is 4.39 Å². The van der Waals surface area contributed by atoms with Gasteiger partial charge < -0.3 is 5.32 Å². The monoisotopic (exact) mass is 480 g/mol. The summed E-state index contributed by atoms with van der Waals surface area (Å²) in [4.78, 5) is 27.1. The molecule has 0 spiro atoms. The van der Waals surface area contributed by atoms with Crippen molar-refractivity contribution in [1.82, 2.24) is 10.6 Å². The van der Waals surface area contributed by atoms with Crippen LogP contribution in [0.25, 0.3) is 0 Å². The second-order valence-electron chi connectivity index (χ2n) is 11.2. The molecule has 0 radical (unpaired) electrons. The van der Waals surface area contributed by atoms with Crippen molar-refractivity contribution in [3.8, 4) is 0 Å². The fourth-order valence-corrected chi connectivity index (χ4v) is 7.92. The Bertz CT molecular complexity index is 1100. The average molecular weight is 481 g/mol. The van der Waals surface area contributed by atoms with Crippen LogP contribution in [-0.2, 0) is 4.79 Å². The van der Waals surface area contributed by atoms with Crippen molar-refractivity contribution in [1.29, 1.82) is 0 Å². The molecular weight excluding hydrogens is 451 g/mol. The molecule has 4 saturated carbocycles. The molecule has 2 aromatic carbocycles. The van der Waals surface area contributed by atoms with Crippen LogP contribution >= 0.6 is 11.6 Å². The van der Waals surface area contributed by atoms with Crippen molar-refractivity contribution >= 4 is 23.3 Å². The van der Waals surface area contributed by atoms with Crippen LogP contribution in [0.1, 0.15) is 66.9 Å². The molecule has 6 heteroatoms. The molecule has 0 unspecified atom stereocenters. The van der Waals surface area contributed by atoms with Crippen LogP contribution in [0.3, 0.4) is 0 Å². The minimum absolute atomic E-state index is 0.0234. The van der Waals surface area contributed by atoms with Gasteiger partial charge >= 0.3 is 0 Å². The molecule has 34 heavy (non-hydrogen) atoms. The fourth-order valence-electron chi connectivity index (χ4n) is 7.73. The number of nitrogens with one attached hydrogen (secondary N) is 2. The zero-order valence-electron chi connectivity index (χ0n) is 19.1. The molecule has 0 aromatic heterocycles. The van der Waals surface area contributed by atoms with E-state index in [2.05, 4.69) is 10.6 Å².